The van der Waals surface area contributed by atoms with E-state index < -0.39 is 52.4 Å². The minimum atomic E-state index is -2.39. The van der Waals surface area contributed by atoms with Gasteiger partial charge in [0.1, 0.15) is 18.3 Å². The smallest absolute Gasteiger partial charge is 0.330 e. The van der Waals surface area contributed by atoms with E-state index in [-0.39, 0.29) is 22.6 Å². The zero-order chi connectivity index (χ0) is 29.1. The van der Waals surface area contributed by atoms with Gasteiger partial charge in [0, 0.05) is 31.5 Å². The van der Waals surface area contributed by atoms with Gasteiger partial charge in [-0.05, 0) is 48.8 Å². The quantitative estimate of drug-likeness (QED) is 0.224. The number of carbonyl (C=O) groups excluding carboxylic acids is 1. The third-order valence-electron chi connectivity index (χ3n) is 7.90. The third-order valence-corrected chi connectivity index (χ3v) is 16.8. The number of H-pyrrole nitrogens is 1. The summed E-state index contributed by atoms with van der Waals surface area (Å²) in [6.07, 6.45) is 2.06. The number of nitrogens with zero attached hydrogens (tertiary/aromatic N) is 1. The van der Waals surface area contributed by atoms with Gasteiger partial charge in [0.2, 0.25) is 5.91 Å². The summed E-state index contributed by atoms with van der Waals surface area (Å²) in [5.41, 5.74) is -1.11. The Labute approximate surface area is 228 Å². The molecule has 12 heteroatoms. The number of carbonyl (C=O) groups is 1. The fraction of sp³-hybridized carbons (Fsp3) is 0.731. The van der Waals surface area contributed by atoms with Crippen molar-refractivity contribution in [3.8, 4) is 0 Å². The van der Waals surface area contributed by atoms with Crippen molar-refractivity contribution in [2.45, 2.75) is 109 Å². The van der Waals surface area contributed by atoms with Gasteiger partial charge < -0.3 is 24.0 Å². The standard InChI is InChI=1S/C26H47N3O7Si2/c1-25(2,3)37(7,8)35-21-18(12-13-19(31)27-15-11-17-30)34-23(29-16-14-20(32)28-24(29)33)22(21)36-38(9,10)26(4,5)6/h12-14,16,18,21-23,30H,11,15,17H2,1-10H3,(H,27,31)(H,28,32,33)/b13-12-/t18-,21-,22-,23-/m1/s1. The summed E-state index contributed by atoms with van der Waals surface area (Å²) in [5.74, 6) is -0.320. The number of nitrogens with one attached hydrogen (secondary N) is 2. The van der Waals surface area contributed by atoms with E-state index in [0.29, 0.717) is 13.0 Å². The number of ether oxygens (including phenoxy) is 1. The molecule has 1 fully saturated rings. The average Bonchev–Trinajstić information content (AvgIpc) is 3.06. The highest BCUT2D eigenvalue weighted by molar-refractivity contribution is 6.74. The molecule has 1 amide bonds. The molecular weight excluding hydrogens is 522 g/mol. The van der Waals surface area contributed by atoms with Crippen LogP contribution >= 0.6 is 0 Å². The predicted octanol–water partition coefficient (Wildman–Crippen LogP) is 3.27. The second-order valence-corrected chi connectivity index (χ2v) is 22.4. The van der Waals surface area contributed by atoms with Gasteiger partial charge in [-0.15, -0.1) is 0 Å². The normalized spacial score (nSPS) is 23.2. The highest BCUT2D eigenvalue weighted by Gasteiger charge is 2.53. The highest BCUT2D eigenvalue weighted by atomic mass is 28.4. The minimum absolute atomic E-state index is 0.0137. The van der Waals surface area contributed by atoms with Gasteiger partial charge in [0.05, 0.1) is 0 Å². The molecule has 0 unspecified atom stereocenters. The number of rotatable bonds is 10. The number of aliphatic hydroxyl groups is 1. The Hall–Kier alpha value is -1.84. The van der Waals surface area contributed by atoms with Crippen molar-refractivity contribution in [3.05, 3.63) is 45.3 Å². The Morgan fingerprint density at radius 1 is 1.08 bits per heavy atom. The van der Waals surface area contributed by atoms with E-state index in [0.717, 1.165) is 0 Å². The van der Waals surface area contributed by atoms with Crippen LogP contribution in [0, 0.1) is 0 Å². The summed E-state index contributed by atoms with van der Waals surface area (Å²) < 4.78 is 21.5. The van der Waals surface area contributed by atoms with E-state index in [1.807, 2.05) is 0 Å². The van der Waals surface area contributed by atoms with Gasteiger partial charge in [-0.2, -0.15) is 0 Å². The lowest BCUT2D eigenvalue weighted by Gasteiger charge is -2.44. The van der Waals surface area contributed by atoms with Crippen LogP contribution < -0.4 is 16.6 Å². The van der Waals surface area contributed by atoms with Gasteiger partial charge in [0.15, 0.2) is 22.9 Å². The molecule has 1 aliphatic rings. The number of aromatic nitrogens is 2. The summed E-state index contributed by atoms with van der Waals surface area (Å²) >= 11 is 0. The Kier molecular flexibility index (Phi) is 10.3. The van der Waals surface area contributed by atoms with Crippen LogP contribution in [0.2, 0.25) is 36.3 Å². The average molecular weight is 570 g/mol. The summed E-state index contributed by atoms with van der Waals surface area (Å²) in [6.45, 7) is 21.7. The summed E-state index contributed by atoms with van der Waals surface area (Å²) in [6, 6.07) is 1.27. The SMILES string of the molecule is CC(C)(C)[Si](C)(C)O[C@@H]1[C@H](O[Si](C)(C)C(C)(C)C)[C@@H](/C=C\C(=O)NCCCO)O[C@H]1n1ccc(=O)[nH]c1=O. The Bertz CT molecular complexity index is 1100. The fourth-order valence-electron chi connectivity index (χ4n) is 3.50. The molecule has 2 rings (SSSR count). The van der Waals surface area contributed by atoms with Crippen LogP contribution in [0.4, 0.5) is 0 Å². The lowest BCUT2D eigenvalue weighted by molar-refractivity contribution is -0.116. The number of hydrogen-bond acceptors (Lipinski definition) is 7. The van der Waals surface area contributed by atoms with Crippen LogP contribution in [-0.2, 0) is 18.4 Å². The van der Waals surface area contributed by atoms with Crippen LogP contribution in [0.5, 0.6) is 0 Å². The van der Waals surface area contributed by atoms with Crippen LogP contribution in [0.15, 0.2) is 34.0 Å². The first-order chi connectivity index (χ1) is 17.3. The zero-order valence-electron chi connectivity index (χ0n) is 24.6. The molecule has 0 bridgehead atoms. The van der Waals surface area contributed by atoms with Crippen LogP contribution in [0.3, 0.4) is 0 Å². The minimum Gasteiger partial charge on any atom is -0.408 e. The van der Waals surface area contributed by atoms with Crippen LogP contribution in [0.1, 0.15) is 54.2 Å². The number of aliphatic hydroxyl groups excluding tert-OH is 1. The van der Waals surface area contributed by atoms with E-state index in [1.54, 1.807) is 6.08 Å². The van der Waals surface area contributed by atoms with Crippen molar-refractivity contribution in [2.75, 3.05) is 13.2 Å². The van der Waals surface area contributed by atoms with Gasteiger partial charge in [-0.3, -0.25) is 19.1 Å². The molecule has 2 heterocycles. The molecule has 1 aromatic heterocycles. The maximum Gasteiger partial charge on any atom is 0.330 e. The Morgan fingerprint density at radius 2 is 1.63 bits per heavy atom. The monoisotopic (exact) mass is 569 g/mol. The van der Waals surface area contributed by atoms with Crippen molar-refractivity contribution in [1.82, 2.24) is 14.9 Å². The molecule has 38 heavy (non-hydrogen) atoms. The van der Waals surface area contributed by atoms with E-state index in [4.69, 9.17) is 18.7 Å². The predicted molar refractivity (Wildman–Crippen MR) is 153 cm³/mol. The Morgan fingerprint density at radius 3 is 2.13 bits per heavy atom. The fourth-order valence-corrected chi connectivity index (χ4v) is 6.08. The number of aromatic amines is 1. The topological polar surface area (TPSA) is 132 Å². The second kappa shape index (κ2) is 12.1. The summed E-state index contributed by atoms with van der Waals surface area (Å²) in [5, 5.41) is 11.5. The molecule has 0 radical (unpaired) electrons. The molecular formula is C26H47N3O7Si2. The van der Waals surface area contributed by atoms with E-state index in [1.165, 1.54) is 22.9 Å². The number of amides is 1. The summed E-state index contributed by atoms with van der Waals surface area (Å²) in [4.78, 5) is 39.4. The molecule has 0 aromatic carbocycles. The number of hydrogen-bond donors (Lipinski definition) is 3. The van der Waals surface area contributed by atoms with E-state index in [9.17, 15) is 14.4 Å². The Balaban J connectivity index is 2.60. The largest absolute Gasteiger partial charge is 0.408 e. The van der Waals surface area contributed by atoms with E-state index in [2.05, 4.69) is 78.0 Å². The maximum atomic E-state index is 12.9. The molecule has 1 aliphatic heterocycles. The third kappa shape index (κ3) is 7.85. The van der Waals surface area contributed by atoms with Crippen LogP contribution in [-0.4, -0.2) is 68.7 Å². The van der Waals surface area contributed by atoms with E-state index >= 15 is 0 Å². The van der Waals surface area contributed by atoms with Gasteiger partial charge in [-0.25, -0.2) is 4.79 Å². The maximum absolute atomic E-state index is 12.9. The highest BCUT2D eigenvalue weighted by Crippen LogP contribution is 2.45. The molecule has 0 spiro atoms. The lowest BCUT2D eigenvalue weighted by Crippen LogP contribution is -2.53. The lowest BCUT2D eigenvalue weighted by atomic mass is 10.1. The van der Waals surface area contributed by atoms with Crippen molar-refractivity contribution in [2.24, 2.45) is 0 Å². The van der Waals surface area contributed by atoms with Crippen molar-refractivity contribution < 1.29 is 23.5 Å². The van der Waals surface area contributed by atoms with Crippen molar-refractivity contribution in [1.29, 1.82) is 0 Å². The summed E-state index contributed by atoms with van der Waals surface area (Å²) in [7, 11) is -4.75. The van der Waals surface area contributed by atoms with Gasteiger partial charge in [-0.1, -0.05) is 41.5 Å². The van der Waals surface area contributed by atoms with Crippen LogP contribution in [0.25, 0.3) is 0 Å². The van der Waals surface area contributed by atoms with Crippen molar-refractivity contribution in [3.63, 3.8) is 0 Å². The first-order valence-corrected chi connectivity index (χ1v) is 19.0. The molecule has 10 nitrogen and oxygen atoms in total. The molecule has 0 aliphatic carbocycles. The second-order valence-electron chi connectivity index (χ2n) is 12.9. The molecule has 216 valence electrons. The molecule has 3 N–H and O–H groups in total. The molecule has 1 saturated heterocycles. The van der Waals surface area contributed by atoms with Gasteiger partial charge in [0.25, 0.3) is 5.56 Å². The zero-order valence-corrected chi connectivity index (χ0v) is 26.6. The molecule has 4 atom stereocenters. The molecule has 0 saturated carbocycles. The first kappa shape index (κ1) is 32.4. The first-order valence-electron chi connectivity index (χ1n) is 13.2. The van der Waals surface area contributed by atoms with Gasteiger partial charge >= 0.3 is 5.69 Å². The molecule has 1 aromatic rings. The van der Waals surface area contributed by atoms with Crippen molar-refractivity contribution >= 4 is 22.5 Å².